The Morgan fingerprint density at radius 1 is 1.11 bits per heavy atom. The van der Waals surface area contributed by atoms with Crippen LogP contribution in [0.25, 0.3) is 0 Å². The molecule has 0 radical (unpaired) electrons. The Morgan fingerprint density at radius 3 is 2.21 bits per heavy atom. The summed E-state index contributed by atoms with van der Waals surface area (Å²) in [4.78, 5) is 0. The third-order valence-corrected chi connectivity index (χ3v) is 9.49. The van der Waals surface area contributed by atoms with Crippen molar-refractivity contribution in [3.05, 3.63) is 35.9 Å². The average molecular weight is 276 g/mol. The van der Waals surface area contributed by atoms with Gasteiger partial charge in [0.2, 0.25) is 0 Å². The van der Waals surface area contributed by atoms with Crippen LogP contribution in [0, 0.1) is 5.92 Å². The molecule has 0 heterocycles. The number of benzene rings is 1. The summed E-state index contributed by atoms with van der Waals surface area (Å²) in [7, 11) is -1.55. The molecule has 1 aromatic carbocycles. The smallest absolute Gasteiger partial charge is 0.191 e. The zero-order chi connectivity index (χ0) is 14.1. The molecule has 106 valence electrons. The van der Waals surface area contributed by atoms with Crippen LogP contribution in [0.2, 0.25) is 18.1 Å². The van der Waals surface area contributed by atoms with Gasteiger partial charge in [-0.15, -0.1) is 0 Å². The summed E-state index contributed by atoms with van der Waals surface area (Å²) >= 11 is 0. The summed E-state index contributed by atoms with van der Waals surface area (Å²) in [5.41, 5.74) is 1.51. The molecule has 0 amide bonds. The quantitative estimate of drug-likeness (QED) is 0.687. The molecular weight excluding hydrogens is 248 g/mol. The lowest BCUT2D eigenvalue weighted by Gasteiger charge is -2.41. The van der Waals surface area contributed by atoms with Crippen LogP contribution >= 0.6 is 0 Å². The van der Waals surface area contributed by atoms with Crippen molar-refractivity contribution in [2.75, 3.05) is 6.61 Å². The van der Waals surface area contributed by atoms with E-state index in [2.05, 4.69) is 64.2 Å². The van der Waals surface area contributed by atoms with E-state index < -0.39 is 8.32 Å². The topological polar surface area (TPSA) is 9.23 Å². The number of hydrogen-bond donors (Lipinski definition) is 0. The second-order valence-electron chi connectivity index (χ2n) is 7.52. The van der Waals surface area contributed by atoms with Crippen molar-refractivity contribution in [2.45, 2.75) is 57.7 Å². The van der Waals surface area contributed by atoms with Crippen LogP contribution < -0.4 is 0 Å². The third-order valence-electron chi connectivity index (χ3n) is 4.99. The molecule has 0 atom stereocenters. The molecule has 0 N–H and O–H groups in total. The molecule has 1 fully saturated rings. The molecule has 2 rings (SSSR count). The van der Waals surface area contributed by atoms with E-state index in [0.717, 1.165) is 18.4 Å². The highest BCUT2D eigenvalue weighted by Gasteiger charge is 2.39. The zero-order valence-corrected chi connectivity index (χ0v) is 14.1. The van der Waals surface area contributed by atoms with E-state index in [-0.39, 0.29) is 0 Å². The minimum atomic E-state index is -1.55. The van der Waals surface area contributed by atoms with Crippen molar-refractivity contribution in [3.8, 4) is 0 Å². The molecule has 1 aliphatic carbocycles. The molecule has 1 aliphatic rings. The van der Waals surface area contributed by atoms with E-state index in [0.29, 0.717) is 5.04 Å². The van der Waals surface area contributed by atoms with Crippen LogP contribution in [0.5, 0.6) is 0 Å². The Hall–Kier alpha value is -0.603. The van der Waals surface area contributed by atoms with Crippen molar-refractivity contribution in [3.63, 3.8) is 0 Å². The highest BCUT2D eigenvalue weighted by atomic mass is 28.4. The molecule has 0 aliphatic heterocycles. The Kier molecular flexibility index (Phi) is 4.22. The zero-order valence-electron chi connectivity index (χ0n) is 13.1. The van der Waals surface area contributed by atoms with Crippen molar-refractivity contribution in [1.82, 2.24) is 0 Å². The van der Waals surface area contributed by atoms with Crippen LogP contribution in [-0.2, 0) is 4.43 Å². The largest absolute Gasteiger partial charge is 0.417 e. The van der Waals surface area contributed by atoms with Gasteiger partial charge in [0, 0.05) is 6.61 Å². The minimum absolute atomic E-state index is 0.329. The van der Waals surface area contributed by atoms with Gasteiger partial charge in [0.15, 0.2) is 8.32 Å². The van der Waals surface area contributed by atoms with Gasteiger partial charge in [0.25, 0.3) is 0 Å². The molecule has 19 heavy (non-hydrogen) atoms. The summed E-state index contributed by atoms with van der Waals surface area (Å²) in [5.74, 6) is 1.55. The lowest BCUT2D eigenvalue weighted by Crippen LogP contribution is -2.43. The summed E-state index contributed by atoms with van der Waals surface area (Å²) < 4.78 is 6.32. The van der Waals surface area contributed by atoms with Gasteiger partial charge < -0.3 is 4.43 Å². The first-order valence-electron chi connectivity index (χ1n) is 7.48. The minimum Gasteiger partial charge on any atom is -0.417 e. The summed E-state index contributed by atoms with van der Waals surface area (Å²) in [6.45, 7) is 12.6. The van der Waals surface area contributed by atoms with E-state index in [1.54, 1.807) is 0 Å². The van der Waals surface area contributed by atoms with Gasteiger partial charge in [-0.2, -0.15) is 0 Å². The van der Waals surface area contributed by atoms with Gasteiger partial charge in [-0.3, -0.25) is 0 Å². The molecular formula is C17H28OSi. The first-order chi connectivity index (χ1) is 8.79. The van der Waals surface area contributed by atoms with E-state index >= 15 is 0 Å². The van der Waals surface area contributed by atoms with Crippen molar-refractivity contribution >= 4 is 8.32 Å². The van der Waals surface area contributed by atoms with Gasteiger partial charge >= 0.3 is 0 Å². The van der Waals surface area contributed by atoms with E-state index in [9.17, 15) is 0 Å². The van der Waals surface area contributed by atoms with Crippen LogP contribution in [0.4, 0.5) is 0 Å². The Morgan fingerprint density at radius 2 is 1.68 bits per heavy atom. The van der Waals surface area contributed by atoms with Crippen LogP contribution in [-0.4, -0.2) is 14.9 Å². The first kappa shape index (κ1) is 14.8. The highest BCUT2D eigenvalue weighted by Crippen LogP contribution is 2.43. The Balaban J connectivity index is 1.77. The van der Waals surface area contributed by atoms with Crippen LogP contribution in [0.15, 0.2) is 30.3 Å². The van der Waals surface area contributed by atoms with Gasteiger partial charge in [-0.25, -0.2) is 0 Å². The maximum absolute atomic E-state index is 6.32. The predicted molar refractivity (Wildman–Crippen MR) is 85.1 cm³/mol. The van der Waals surface area contributed by atoms with Crippen LogP contribution in [0.3, 0.4) is 0 Å². The van der Waals surface area contributed by atoms with Gasteiger partial charge in [0.05, 0.1) is 0 Å². The average Bonchev–Trinajstić information content (AvgIpc) is 2.26. The maximum Gasteiger partial charge on any atom is 0.191 e. The fraction of sp³-hybridized carbons (Fsp3) is 0.647. The molecule has 1 aromatic rings. The second kappa shape index (κ2) is 5.41. The van der Waals surface area contributed by atoms with E-state index in [4.69, 9.17) is 4.43 Å². The van der Waals surface area contributed by atoms with E-state index in [1.165, 1.54) is 18.4 Å². The fourth-order valence-corrected chi connectivity index (χ4v) is 3.50. The highest BCUT2D eigenvalue weighted by molar-refractivity contribution is 6.74. The van der Waals surface area contributed by atoms with E-state index in [1.807, 2.05) is 0 Å². The molecule has 1 saturated carbocycles. The second-order valence-corrected chi connectivity index (χ2v) is 12.3. The SMILES string of the molecule is CC(C)(C)[Si](C)(C)OCC1CC(c2ccccc2)C1. The third kappa shape index (κ3) is 3.49. The standard InChI is InChI=1S/C17H28OSi/c1-17(2,3)19(4,5)18-13-14-11-16(12-14)15-9-7-6-8-10-15/h6-10,14,16H,11-13H2,1-5H3. The van der Waals surface area contributed by atoms with Gasteiger partial charge in [-0.05, 0) is 48.4 Å². The predicted octanol–water partition coefficient (Wildman–Crippen LogP) is 5.20. The molecule has 1 nitrogen and oxygen atoms in total. The van der Waals surface area contributed by atoms with Crippen LogP contribution in [0.1, 0.15) is 45.1 Å². The molecule has 2 heteroatoms. The maximum atomic E-state index is 6.32. The molecule has 0 aromatic heterocycles. The van der Waals surface area contributed by atoms with Crippen molar-refractivity contribution < 1.29 is 4.43 Å². The van der Waals surface area contributed by atoms with Gasteiger partial charge in [-0.1, -0.05) is 51.1 Å². The molecule has 0 bridgehead atoms. The summed E-state index contributed by atoms with van der Waals surface area (Å²) in [6, 6.07) is 10.9. The van der Waals surface area contributed by atoms with Crippen molar-refractivity contribution in [2.24, 2.45) is 5.92 Å². The fourth-order valence-electron chi connectivity index (χ4n) is 2.41. The Bertz CT molecular complexity index is 399. The molecule has 0 saturated heterocycles. The summed E-state index contributed by atoms with van der Waals surface area (Å²) in [5, 5.41) is 0.329. The first-order valence-corrected chi connectivity index (χ1v) is 10.4. The molecule has 0 unspecified atom stereocenters. The molecule has 0 spiro atoms. The lowest BCUT2D eigenvalue weighted by molar-refractivity contribution is 0.147. The lowest BCUT2D eigenvalue weighted by atomic mass is 9.72. The normalized spacial score (nSPS) is 24.1. The van der Waals surface area contributed by atoms with Gasteiger partial charge in [0.1, 0.15) is 0 Å². The van der Waals surface area contributed by atoms with Crippen molar-refractivity contribution in [1.29, 1.82) is 0 Å². The Labute approximate surface area is 119 Å². The monoisotopic (exact) mass is 276 g/mol. The summed E-state index contributed by atoms with van der Waals surface area (Å²) in [6.07, 6.45) is 2.61. The number of hydrogen-bond acceptors (Lipinski definition) is 1. The number of rotatable bonds is 4.